The average Bonchev–Trinajstić information content (AvgIpc) is 2.94. The minimum absolute atomic E-state index is 0.0649. The molecule has 1 aromatic carbocycles. The Morgan fingerprint density at radius 2 is 1.85 bits per heavy atom. The molecule has 1 amide bonds. The Kier molecular flexibility index (Phi) is 5.76. The van der Waals surface area contributed by atoms with Gasteiger partial charge < -0.3 is 9.64 Å². The second-order valence-corrected chi connectivity index (χ2v) is 8.11. The lowest BCUT2D eigenvalue weighted by molar-refractivity contribution is -0.128. The van der Waals surface area contributed by atoms with E-state index in [1.807, 2.05) is 30.3 Å². The van der Waals surface area contributed by atoms with Crippen LogP contribution in [-0.2, 0) is 32.1 Å². The van der Waals surface area contributed by atoms with Gasteiger partial charge in [0.2, 0.25) is 11.8 Å². The Balaban J connectivity index is 1.58. The summed E-state index contributed by atoms with van der Waals surface area (Å²) in [5.74, 6) is 1.04. The van der Waals surface area contributed by atoms with Crippen molar-refractivity contribution in [2.75, 3.05) is 12.8 Å². The Morgan fingerprint density at radius 1 is 1.15 bits per heavy atom. The highest BCUT2D eigenvalue weighted by atomic mass is 32.2. The Hall–Kier alpha value is -2.45. The molecule has 0 bridgehead atoms. The maximum atomic E-state index is 12.0. The molecule has 1 aliphatic heterocycles. The number of aryl methyl sites for hydroxylation is 1. The molecule has 1 saturated heterocycles. The zero-order chi connectivity index (χ0) is 19.4. The predicted octanol–water partition coefficient (Wildman–Crippen LogP) is 2.51. The van der Waals surface area contributed by atoms with Crippen molar-refractivity contribution in [3.63, 3.8) is 0 Å². The number of hydrogen-bond acceptors (Lipinski definition) is 6. The SMILES string of the molecule is CCc1ccc(Oc2ccc(CN3C[C@@H](OS(C)(=O)=O)CC3=O)cn2)cc1. The van der Waals surface area contributed by atoms with Gasteiger partial charge in [0.25, 0.3) is 10.1 Å². The molecule has 1 atom stereocenters. The van der Waals surface area contributed by atoms with Crippen LogP contribution in [0, 0.1) is 0 Å². The largest absolute Gasteiger partial charge is 0.439 e. The number of carbonyl (C=O) groups excluding carboxylic acids is 1. The normalized spacial score (nSPS) is 17.3. The van der Waals surface area contributed by atoms with Gasteiger partial charge >= 0.3 is 0 Å². The van der Waals surface area contributed by atoms with E-state index in [9.17, 15) is 13.2 Å². The average molecular weight is 390 g/mol. The molecule has 0 radical (unpaired) electrons. The standard InChI is InChI=1S/C19H22N2O5S/c1-3-14-4-7-16(8-5-14)25-18-9-6-15(11-20-18)12-21-13-17(10-19(21)22)26-27(2,23)24/h4-9,11,17H,3,10,12-13H2,1-2H3/t17-/m0/s1. The van der Waals surface area contributed by atoms with Gasteiger partial charge in [0.05, 0.1) is 12.7 Å². The predicted molar refractivity (Wildman–Crippen MR) is 99.9 cm³/mol. The highest BCUT2D eigenvalue weighted by molar-refractivity contribution is 7.86. The fraction of sp³-hybridized carbons (Fsp3) is 0.368. The Bertz CT molecular complexity index is 895. The van der Waals surface area contributed by atoms with Gasteiger partial charge in [0, 0.05) is 25.4 Å². The van der Waals surface area contributed by atoms with Gasteiger partial charge in [-0.2, -0.15) is 8.42 Å². The maximum Gasteiger partial charge on any atom is 0.264 e. The number of pyridine rings is 1. The fourth-order valence-corrected chi connectivity index (χ4v) is 3.52. The summed E-state index contributed by atoms with van der Waals surface area (Å²) in [6.07, 6.45) is 3.04. The number of amides is 1. The van der Waals surface area contributed by atoms with Gasteiger partial charge in [-0.25, -0.2) is 4.98 Å². The zero-order valence-electron chi connectivity index (χ0n) is 15.3. The summed E-state index contributed by atoms with van der Waals surface area (Å²) in [6.45, 7) is 2.69. The lowest BCUT2D eigenvalue weighted by Crippen LogP contribution is -2.26. The van der Waals surface area contributed by atoms with Crippen LogP contribution in [0.4, 0.5) is 0 Å². The quantitative estimate of drug-likeness (QED) is 0.675. The van der Waals surface area contributed by atoms with Crippen molar-refractivity contribution >= 4 is 16.0 Å². The van der Waals surface area contributed by atoms with Crippen LogP contribution < -0.4 is 4.74 Å². The van der Waals surface area contributed by atoms with E-state index in [1.165, 1.54) is 5.56 Å². The highest BCUT2D eigenvalue weighted by Gasteiger charge is 2.32. The molecular formula is C19H22N2O5S. The molecule has 0 unspecified atom stereocenters. The molecule has 1 fully saturated rings. The van der Waals surface area contributed by atoms with Crippen molar-refractivity contribution < 1.29 is 22.1 Å². The first-order valence-corrected chi connectivity index (χ1v) is 10.5. The first kappa shape index (κ1) is 19.3. The van der Waals surface area contributed by atoms with E-state index < -0.39 is 16.2 Å². The first-order valence-electron chi connectivity index (χ1n) is 8.70. The van der Waals surface area contributed by atoms with E-state index in [2.05, 4.69) is 11.9 Å². The molecule has 7 nitrogen and oxygen atoms in total. The first-order chi connectivity index (χ1) is 12.8. The summed E-state index contributed by atoms with van der Waals surface area (Å²) in [6, 6.07) is 11.4. The van der Waals surface area contributed by atoms with Crippen molar-refractivity contribution in [2.24, 2.45) is 0 Å². The zero-order valence-corrected chi connectivity index (χ0v) is 16.1. The second-order valence-electron chi connectivity index (χ2n) is 6.50. The van der Waals surface area contributed by atoms with Gasteiger partial charge in [-0.15, -0.1) is 0 Å². The lowest BCUT2D eigenvalue weighted by Gasteiger charge is -2.16. The van der Waals surface area contributed by atoms with Crippen LogP contribution in [0.3, 0.4) is 0 Å². The number of aromatic nitrogens is 1. The third-order valence-electron chi connectivity index (χ3n) is 4.21. The number of benzene rings is 1. The van der Waals surface area contributed by atoms with Gasteiger partial charge in [0.1, 0.15) is 11.9 Å². The van der Waals surface area contributed by atoms with Gasteiger partial charge in [0.15, 0.2) is 0 Å². The van der Waals surface area contributed by atoms with Gasteiger partial charge in [-0.1, -0.05) is 25.1 Å². The van der Waals surface area contributed by atoms with Crippen molar-refractivity contribution in [1.82, 2.24) is 9.88 Å². The molecule has 0 aliphatic carbocycles. The number of ether oxygens (including phenoxy) is 1. The highest BCUT2D eigenvalue weighted by Crippen LogP contribution is 2.22. The number of rotatable bonds is 7. The number of carbonyl (C=O) groups is 1. The van der Waals surface area contributed by atoms with Crippen molar-refractivity contribution in [3.8, 4) is 11.6 Å². The van der Waals surface area contributed by atoms with Crippen LogP contribution in [-0.4, -0.2) is 43.1 Å². The molecular weight excluding hydrogens is 368 g/mol. The fourth-order valence-electron chi connectivity index (χ4n) is 2.90. The van der Waals surface area contributed by atoms with E-state index >= 15 is 0 Å². The molecule has 0 saturated carbocycles. The third kappa shape index (κ3) is 5.51. The molecule has 1 aliphatic rings. The van der Waals surface area contributed by atoms with Gasteiger partial charge in [-0.3, -0.25) is 8.98 Å². The van der Waals surface area contributed by atoms with Crippen molar-refractivity contribution in [2.45, 2.75) is 32.4 Å². The molecule has 3 rings (SSSR count). The van der Waals surface area contributed by atoms with E-state index in [0.29, 0.717) is 18.2 Å². The summed E-state index contributed by atoms with van der Waals surface area (Å²) in [5, 5.41) is 0. The topological polar surface area (TPSA) is 85.8 Å². The molecule has 27 heavy (non-hydrogen) atoms. The van der Waals surface area contributed by atoms with Crippen LogP contribution in [0.1, 0.15) is 24.5 Å². The molecule has 2 heterocycles. The van der Waals surface area contributed by atoms with E-state index in [1.54, 1.807) is 17.2 Å². The van der Waals surface area contributed by atoms with E-state index in [0.717, 1.165) is 18.2 Å². The number of nitrogens with zero attached hydrogens (tertiary/aromatic N) is 2. The van der Waals surface area contributed by atoms with Crippen LogP contribution in [0.5, 0.6) is 11.6 Å². The monoisotopic (exact) mass is 390 g/mol. The third-order valence-corrected chi connectivity index (χ3v) is 4.84. The van der Waals surface area contributed by atoms with Crippen LogP contribution >= 0.6 is 0 Å². The molecule has 1 aromatic heterocycles. The summed E-state index contributed by atoms with van der Waals surface area (Å²) in [7, 11) is -3.57. The van der Waals surface area contributed by atoms with Crippen LogP contribution in [0.25, 0.3) is 0 Å². The summed E-state index contributed by atoms with van der Waals surface area (Å²) < 4.78 is 33.0. The number of hydrogen-bond donors (Lipinski definition) is 0. The van der Waals surface area contributed by atoms with E-state index in [-0.39, 0.29) is 18.9 Å². The Labute approximate surface area is 159 Å². The summed E-state index contributed by atoms with van der Waals surface area (Å²) in [4.78, 5) is 17.9. The van der Waals surface area contributed by atoms with Crippen LogP contribution in [0.2, 0.25) is 0 Å². The number of likely N-dealkylation sites (tertiary alicyclic amines) is 1. The van der Waals surface area contributed by atoms with Crippen LogP contribution in [0.15, 0.2) is 42.6 Å². The minimum Gasteiger partial charge on any atom is -0.439 e. The molecule has 144 valence electrons. The molecule has 0 spiro atoms. The van der Waals surface area contributed by atoms with E-state index in [4.69, 9.17) is 8.92 Å². The smallest absolute Gasteiger partial charge is 0.264 e. The Morgan fingerprint density at radius 3 is 2.44 bits per heavy atom. The lowest BCUT2D eigenvalue weighted by atomic mass is 10.2. The molecule has 2 aromatic rings. The van der Waals surface area contributed by atoms with Crippen molar-refractivity contribution in [3.05, 3.63) is 53.7 Å². The second kappa shape index (κ2) is 8.06. The van der Waals surface area contributed by atoms with Gasteiger partial charge in [-0.05, 0) is 29.7 Å². The van der Waals surface area contributed by atoms with Crippen molar-refractivity contribution in [1.29, 1.82) is 0 Å². The molecule has 0 N–H and O–H groups in total. The molecule has 8 heteroatoms. The summed E-state index contributed by atoms with van der Waals surface area (Å²) >= 11 is 0. The maximum absolute atomic E-state index is 12.0. The summed E-state index contributed by atoms with van der Waals surface area (Å²) in [5.41, 5.74) is 2.07. The minimum atomic E-state index is -3.57.